The largest absolute Gasteiger partial charge is 0.325 e. The van der Waals surface area contributed by atoms with Gasteiger partial charge in [-0.05, 0) is 42.7 Å². The molecule has 1 aliphatic rings. The second kappa shape index (κ2) is 7.40. The summed E-state index contributed by atoms with van der Waals surface area (Å²) in [7, 11) is 0. The van der Waals surface area contributed by atoms with Crippen LogP contribution in [0.1, 0.15) is 24.5 Å². The number of para-hydroxylation sites is 1. The van der Waals surface area contributed by atoms with Gasteiger partial charge in [0.15, 0.2) is 0 Å². The molecule has 130 valence electrons. The quantitative estimate of drug-likeness (QED) is 0.830. The summed E-state index contributed by atoms with van der Waals surface area (Å²) in [4.78, 5) is 26.8. The fraction of sp³-hybridized carbons (Fsp3) is 0.300. The number of nitrogens with zero attached hydrogens (tertiary/aromatic N) is 1. The first-order chi connectivity index (χ1) is 12.0. The third-order valence-electron chi connectivity index (χ3n) is 4.60. The van der Waals surface area contributed by atoms with Crippen molar-refractivity contribution < 1.29 is 9.59 Å². The smallest absolute Gasteiger partial charge is 0.229 e. The van der Waals surface area contributed by atoms with Crippen molar-refractivity contribution in [3.8, 4) is 0 Å². The molecule has 25 heavy (non-hydrogen) atoms. The van der Waals surface area contributed by atoms with Gasteiger partial charge < -0.3 is 10.2 Å². The molecule has 1 saturated heterocycles. The van der Waals surface area contributed by atoms with Gasteiger partial charge in [-0.3, -0.25) is 9.59 Å². The summed E-state index contributed by atoms with van der Waals surface area (Å²) < 4.78 is 0.915. The van der Waals surface area contributed by atoms with Crippen molar-refractivity contribution in [3.63, 3.8) is 0 Å². The van der Waals surface area contributed by atoms with E-state index in [9.17, 15) is 9.59 Å². The van der Waals surface area contributed by atoms with Crippen LogP contribution in [0.5, 0.6) is 0 Å². The molecule has 0 aromatic heterocycles. The number of nitrogens with one attached hydrogen (secondary N) is 1. The SMILES string of the molecule is CCc1cccc(C)c1NC(=O)C1CC(=O)N(c2cccc(Br)c2)C1. The number of halogens is 1. The number of carbonyl (C=O) groups excluding carboxylic acids is 2. The lowest BCUT2D eigenvalue weighted by atomic mass is 10.0. The van der Waals surface area contributed by atoms with Crippen LogP contribution in [0.4, 0.5) is 11.4 Å². The fourth-order valence-electron chi connectivity index (χ4n) is 3.20. The molecule has 2 amide bonds. The van der Waals surface area contributed by atoms with Gasteiger partial charge in [0.2, 0.25) is 11.8 Å². The Morgan fingerprint density at radius 1 is 1.28 bits per heavy atom. The number of aryl methyl sites for hydroxylation is 2. The van der Waals surface area contributed by atoms with Gasteiger partial charge in [-0.1, -0.05) is 47.1 Å². The Hall–Kier alpha value is -2.14. The molecule has 1 fully saturated rings. The van der Waals surface area contributed by atoms with Gasteiger partial charge in [-0.25, -0.2) is 0 Å². The Morgan fingerprint density at radius 2 is 2.04 bits per heavy atom. The average Bonchev–Trinajstić information content (AvgIpc) is 2.98. The molecule has 1 unspecified atom stereocenters. The lowest BCUT2D eigenvalue weighted by Crippen LogP contribution is -2.28. The lowest BCUT2D eigenvalue weighted by Gasteiger charge is -2.18. The Kier molecular flexibility index (Phi) is 5.23. The molecule has 0 radical (unpaired) electrons. The standard InChI is InChI=1S/C20H21BrN2O2/c1-3-14-7-4-6-13(2)19(14)22-20(25)15-10-18(24)23(12-15)17-9-5-8-16(21)11-17/h4-9,11,15H,3,10,12H2,1-2H3,(H,22,25). The number of hydrogen-bond acceptors (Lipinski definition) is 2. The van der Waals surface area contributed by atoms with E-state index >= 15 is 0 Å². The first-order valence-electron chi connectivity index (χ1n) is 8.45. The van der Waals surface area contributed by atoms with E-state index in [1.807, 2.05) is 49.4 Å². The van der Waals surface area contributed by atoms with Crippen LogP contribution >= 0.6 is 15.9 Å². The minimum atomic E-state index is -0.337. The third kappa shape index (κ3) is 3.76. The molecule has 0 bridgehead atoms. The summed E-state index contributed by atoms with van der Waals surface area (Å²) in [5.74, 6) is -0.440. The first kappa shape index (κ1) is 17.7. The van der Waals surface area contributed by atoms with E-state index in [0.717, 1.165) is 33.4 Å². The van der Waals surface area contributed by atoms with E-state index in [4.69, 9.17) is 0 Å². The van der Waals surface area contributed by atoms with Crippen LogP contribution < -0.4 is 10.2 Å². The normalized spacial score (nSPS) is 17.0. The summed E-state index contributed by atoms with van der Waals surface area (Å²) in [6, 6.07) is 13.6. The van der Waals surface area contributed by atoms with E-state index in [-0.39, 0.29) is 24.2 Å². The van der Waals surface area contributed by atoms with Crippen LogP contribution in [0.2, 0.25) is 0 Å². The summed E-state index contributed by atoms with van der Waals surface area (Å²) in [5, 5.41) is 3.05. The van der Waals surface area contributed by atoms with Crippen molar-refractivity contribution in [2.24, 2.45) is 5.92 Å². The predicted molar refractivity (Wildman–Crippen MR) is 104 cm³/mol. The van der Waals surface area contributed by atoms with Crippen molar-refractivity contribution in [3.05, 3.63) is 58.1 Å². The molecule has 2 aromatic rings. The molecule has 2 aromatic carbocycles. The molecule has 0 aliphatic carbocycles. The lowest BCUT2D eigenvalue weighted by molar-refractivity contribution is -0.122. The Morgan fingerprint density at radius 3 is 2.76 bits per heavy atom. The highest BCUT2D eigenvalue weighted by atomic mass is 79.9. The van der Waals surface area contributed by atoms with Crippen LogP contribution in [0.25, 0.3) is 0 Å². The van der Waals surface area contributed by atoms with Crippen molar-refractivity contribution in [1.29, 1.82) is 0 Å². The molecule has 1 aliphatic heterocycles. The van der Waals surface area contributed by atoms with Crippen molar-refractivity contribution >= 4 is 39.1 Å². The molecule has 5 heteroatoms. The van der Waals surface area contributed by atoms with Gasteiger partial charge in [-0.15, -0.1) is 0 Å². The van der Waals surface area contributed by atoms with E-state index in [1.54, 1.807) is 4.90 Å². The van der Waals surface area contributed by atoms with Crippen molar-refractivity contribution in [2.45, 2.75) is 26.7 Å². The van der Waals surface area contributed by atoms with Crippen LogP contribution in [0, 0.1) is 12.8 Å². The van der Waals surface area contributed by atoms with Gasteiger partial charge in [0.05, 0.1) is 5.92 Å². The second-order valence-corrected chi connectivity index (χ2v) is 7.25. The van der Waals surface area contributed by atoms with Gasteiger partial charge in [0.1, 0.15) is 0 Å². The summed E-state index contributed by atoms with van der Waals surface area (Å²) >= 11 is 3.42. The van der Waals surface area contributed by atoms with Gasteiger partial charge in [0.25, 0.3) is 0 Å². The zero-order valence-corrected chi connectivity index (χ0v) is 16.0. The molecule has 1 heterocycles. The topological polar surface area (TPSA) is 49.4 Å². The van der Waals surface area contributed by atoms with Gasteiger partial charge in [0, 0.05) is 28.8 Å². The highest BCUT2D eigenvalue weighted by molar-refractivity contribution is 9.10. The summed E-state index contributed by atoms with van der Waals surface area (Å²) in [6.45, 7) is 4.47. The number of carbonyl (C=O) groups is 2. The van der Waals surface area contributed by atoms with Crippen LogP contribution in [-0.2, 0) is 16.0 Å². The fourth-order valence-corrected chi connectivity index (χ4v) is 3.59. The van der Waals surface area contributed by atoms with Crippen LogP contribution in [0.15, 0.2) is 46.9 Å². The van der Waals surface area contributed by atoms with Crippen LogP contribution in [-0.4, -0.2) is 18.4 Å². The molecule has 4 nitrogen and oxygen atoms in total. The maximum Gasteiger partial charge on any atom is 0.229 e. The zero-order chi connectivity index (χ0) is 18.0. The third-order valence-corrected chi connectivity index (χ3v) is 5.10. The summed E-state index contributed by atoms with van der Waals surface area (Å²) in [5.41, 5.74) is 3.85. The van der Waals surface area contributed by atoms with Crippen molar-refractivity contribution in [1.82, 2.24) is 0 Å². The van der Waals surface area contributed by atoms with E-state index in [1.165, 1.54) is 0 Å². The molecular formula is C20H21BrN2O2. The number of anilines is 2. The van der Waals surface area contributed by atoms with E-state index < -0.39 is 0 Å². The van der Waals surface area contributed by atoms with E-state index in [0.29, 0.717) is 6.54 Å². The minimum Gasteiger partial charge on any atom is -0.325 e. The maximum absolute atomic E-state index is 12.7. The molecule has 0 spiro atoms. The zero-order valence-electron chi connectivity index (χ0n) is 14.4. The number of hydrogen-bond donors (Lipinski definition) is 1. The van der Waals surface area contributed by atoms with Crippen molar-refractivity contribution in [2.75, 3.05) is 16.8 Å². The van der Waals surface area contributed by atoms with Crippen LogP contribution in [0.3, 0.4) is 0 Å². The monoisotopic (exact) mass is 400 g/mol. The highest BCUT2D eigenvalue weighted by Crippen LogP contribution is 2.29. The Labute approximate surface area is 156 Å². The Bertz CT molecular complexity index is 819. The minimum absolute atomic E-state index is 0.0150. The molecule has 1 atom stereocenters. The molecule has 0 saturated carbocycles. The number of rotatable bonds is 4. The van der Waals surface area contributed by atoms with Gasteiger partial charge >= 0.3 is 0 Å². The number of benzene rings is 2. The average molecular weight is 401 g/mol. The number of amides is 2. The van der Waals surface area contributed by atoms with Gasteiger partial charge in [-0.2, -0.15) is 0 Å². The predicted octanol–water partition coefficient (Wildman–Crippen LogP) is 4.31. The summed E-state index contributed by atoms with van der Waals surface area (Å²) in [6.07, 6.45) is 1.09. The first-order valence-corrected chi connectivity index (χ1v) is 9.24. The highest BCUT2D eigenvalue weighted by Gasteiger charge is 2.35. The Balaban J connectivity index is 1.76. The second-order valence-electron chi connectivity index (χ2n) is 6.34. The maximum atomic E-state index is 12.7. The van der Waals surface area contributed by atoms with E-state index in [2.05, 4.69) is 28.2 Å². The molecule has 1 N–H and O–H groups in total. The molecule has 3 rings (SSSR count). The molecular weight excluding hydrogens is 380 g/mol.